The summed E-state index contributed by atoms with van der Waals surface area (Å²) in [6.07, 6.45) is 0.892. The van der Waals surface area contributed by atoms with Crippen molar-refractivity contribution >= 4 is 5.97 Å². The largest absolute Gasteiger partial charge is 0.497 e. The molecule has 29 heavy (non-hydrogen) atoms. The molecule has 1 aliphatic rings. The Balaban J connectivity index is 1.29. The molecule has 2 aromatic carbocycles. The Hall–Kier alpha value is -3.48. The highest BCUT2D eigenvalue weighted by atomic mass is 16.6. The van der Waals surface area contributed by atoms with Crippen LogP contribution in [0, 0.1) is 0 Å². The van der Waals surface area contributed by atoms with Gasteiger partial charge in [0.25, 0.3) is 0 Å². The molecule has 2 heterocycles. The van der Waals surface area contributed by atoms with Crippen LogP contribution in [0.5, 0.6) is 17.2 Å². The van der Waals surface area contributed by atoms with Crippen LogP contribution >= 0.6 is 0 Å². The number of nitrogens with zero attached hydrogens (tertiary/aromatic N) is 1. The van der Waals surface area contributed by atoms with Gasteiger partial charge in [0.15, 0.2) is 17.3 Å². The molecule has 3 aromatic rings. The molecule has 7 nitrogen and oxygen atoms in total. The van der Waals surface area contributed by atoms with E-state index in [-0.39, 0.29) is 12.6 Å². The summed E-state index contributed by atoms with van der Waals surface area (Å²) in [5.74, 6) is 2.47. The topological polar surface area (TPSA) is 80.0 Å². The molecular formula is C22H21NO6. The second kappa shape index (κ2) is 8.68. The van der Waals surface area contributed by atoms with Crippen LogP contribution in [0.2, 0.25) is 0 Å². The average Bonchev–Trinajstić information content (AvgIpc) is 3.25. The van der Waals surface area contributed by atoms with Crippen molar-refractivity contribution in [2.45, 2.75) is 19.4 Å². The first-order valence-corrected chi connectivity index (χ1v) is 9.35. The Morgan fingerprint density at radius 3 is 2.62 bits per heavy atom. The van der Waals surface area contributed by atoms with Crippen LogP contribution in [0.1, 0.15) is 17.7 Å². The number of rotatable bonds is 7. The van der Waals surface area contributed by atoms with Crippen molar-refractivity contribution in [2.24, 2.45) is 0 Å². The first-order valence-electron chi connectivity index (χ1n) is 9.35. The van der Waals surface area contributed by atoms with E-state index in [1.165, 1.54) is 0 Å². The van der Waals surface area contributed by atoms with E-state index in [2.05, 4.69) is 5.16 Å². The molecule has 0 atom stereocenters. The van der Waals surface area contributed by atoms with E-state index in [9.17, 15) is 4.79 Å². The first kappa shape index (κ1) is 18.9. The van der Waals surface area contributed by atoms with Crippen LogP contribution in [-0.2, 0) is 22.6 Å². The summed E-state index contributed by atoms with van der Waals surface area (Å²) in [6, 6.07) is 14.9. The minimum atomic E-state index is -0.287. The van der Waals surface area contributed by atoms with Gasteiger partial charge in [0.05, 0.1) is 7.11 Å². The first-order chi connectivity index (χ1) is 14.2. The third kappa shape index (κ3) is 4.68. The smallest absolute Gasteiger partial charge is 0.306 e. The van der Waals surface area contributed by atoms with Crippen molar-refractivity contribution in [2.75, 3.05) is 20.3 Å². The molecule has 7 heteroatoms. The van der Waals surface area contributed by atoms with Gasteiger partial charge in [-0.25, -0.2) is 0 Å². The maximum atomic E-state index is 12.0. The summed E-state index contributed by atoms with van der Waals surface area (Å²) < 4.78 is 26.9. The Morgan fingerprint density at radius 2 is 1.83 bits per heavy atom. The number of esters is 1. The lowest BCUT2D eigenvalue weighted by molar-refractivity contribution is -0.145. The predicted octanol–water partition coefficient (Wildman–Crippen LogP) is 3.80. The number of hydrogen-bond donors (Lipinski definition) is 0. The van der Waals surface area contributed by atoms with Gasteiger partial charge in [0.2, 0.25) is 0 Å². The molecule has 0 aliphatic carbocycles. The van der Waals surface area contributed by atoms with E-state index in [1.807, 2.05) is 42.5 Å². The average molecular weight is 395 g/mol. The summed E-state index contributed by atoms with van der Waals surface area (Å²) in [7, 11) is 1.62. The molecule has 0 radical (unpaired) electrons. The van der Waals surface area contributed by atoms with E-state index < -0.39 is 0 Å². The molecule has 0 bridgehead atoms. The monoisotopic (exact) mass is 395 g/mol. The number of carbonyl (C=O) groups excluding carboxylic acids is 1. The Morgan fingerprint density at radius 1 is 1.03 bits per heavy atom. The van der Waals surface area contributed by atoms with Crippen molar-refractivity contribution in [3.8, 4) is 28.6 Å². The van der Waals surface area contributed by atoms with E-state index in [1.54, 1.807) is 13.2 Å². The lowest BCUT2D eigenvalue weighted by Crippen LogP contribution is -2.15. The number of ether oxygens (including phenoxy) is 4. The number of hydrogen-bond acceptors (Lipinski definition) is 7. The van der Waals surface area contributed by atoms with Gasteiger partial charge in [-0.2, -0.15) is 0 Å². The summed E-state index contributed by atoms with van der Waals surface area (Å²) in [5, 5.41) is 3.98. The molecular weight excluding hydrogens is 374 g/mol. The van der Waals surface area contributed by atoms with Gasteiger partial charge in [-0.05, 0) is 42.3 Å². The summed E-state index contributed by atoms with van der Waals surface area (Å²) in [6.45, 7) is 1.13. The standard InChI is InChI=1S/C22H21NO6/c1-25-18-6-2-15(3-7-18)4-9-22(24)28-14-17-13-20(29-23-17)16-5-8-19-21(12-16)27-11-10-26-19/h2-3,5-8,12-13H,4,9-11,14H2,1H3. The molecule has 0 saturated heterocycles. The Kier molecular flexibility index (Phi) is 5.65. The third-order valence-electron chi connectivity index (χ3n) is 4.54. The lowest BCUT2D eigenvalue weighted by Gasteiger charge is -2.18. The van der Waals surface area contributed by atoms with Crippen LogP contribution in [0.3, 0.4) is 0 Å². The summed E-state index contributed by atoms with van der Waals surface area (Å²) in [4.78, 5) is 12.0. The lowest BCUT2D eigenvalue weighted by atomic mass is 10.1. The van der Waals surface area contributed by atoms with Gasteiger partial charge in [-0.3, -0.25) is 4.79 Å². The van der Waals surface area contributed by atoms with E-state index in [0.29, 0.717) is 49.0 Å². The maximum Gasteiger partial charge on any atom is 0.306 e. The van der Waals surface area contributed by atoms with Crippen molar-refractivity contribution < 1.29 is 28.3 Å². The van der Waals surface area contributed by atoms with Crippen molar-refractivity contribution in [3.63, 3.8) is 0 Å². The maximum absolute atomic E-state index is 12.0. The molecule has 0 spiro atoms. The molecule has 1 aliphatic heterocycles. The Labute approximate surface area is 168 Å². The summed E-state index contributed by atoms with van der Waals surface area (Å²) in [5.41, 5.74) is 2.41. The minimum absolute atomic E-state index is 0.0650. The molecule has 0 amide bonds. The number of benzene rings is 2. The highest BCUT2D eigenvalue weighted by molar-refractivity contribution is 5.69. The number of methoxy groups -OCH3 is 1. The molecule has 0 fully saturated rings. The highest BCUT2D eigenvalue weighted by Crippen LogP contribution is 2.34. The van der Waals surface area contributed by atoms with Crippen molar-refractivity contribution in [1.82, 2.24) is 5.16 Å². The molecule has 4 rings (SSSR count). The van der Waals surface area contributed by atoms with Crippen LogP contribution < -0.4 is 14.2 Å². The van der Waals surface area contributed by atoms with E-state index in [0.717, 1.165) is 16.9 Å². The van der Waals surface area contributed by atoms with Crippen LogP contribution in [0.4, 0.5) is 0 Å². The SMILES string of the molecule is COc1ccc(CCC(=O)OCc2cc(-c3ccc4c(c3)OCCO4)on2)cc1. The van der Waals surface area contributed by atoms with E-state index in [4.69, 9.17) is 23.5 Å². The normalized spacial score (nSPS) is 12.4. The third-order valence-corrected chi connectivity index (χ3v) is 4.54. The zero-order valence-electron chi connectivity index (χ0n) is 16.1. The highest BCUT2D eigenvalue weighted by Gasteiger charge is 2.15. The number of carbonyl (C=O) groups is 1. The van der Waals surface area contributed by atoms with Crippen LogP contribution in [0.25, 0.3) is 11.3 Å². The summed E-state index contributed by atoms with van der Waals surface area (Å²) >= 11 is 0. The van der Waals surface area contributed by atoms with Gasteiger partial charge in [-0.1, -0.05) is 17.3 Å². The Bertz CT molecular complexity index is 979. The fourth-order valence-corrected chi connectivity index (χ4v) is 2.98. The number of aryl methyl sites for hydroxylation is 1. The quantitative estimate of drug-likeness (QED) is 0.563. The molecule has 1 aromatic heterocycles. The zero-order valence-corrected chi connectivity index (χ0v) is 16.1. The molecule has 0 saturated carbocycles. The van der Waals surface area contributed by atoms with Crippen molar-refractivity contribution in [3.05, 3.63) is 59.8 Å². The van der Waals surface area contributed by atoms with Crippen LogP contribution in [-0.4, -0.2) is 31.4 Å². The fourth-order valence-electron chi connectivity index (χ4n) is 2.98. The second-order valence-corrected chi connectivity index (χ2v) is 6.55. The fraction of sp³-hybridized carbons (Fsp3) is 0.273. The second-order valence-electron chi connectivity index (χ2n) is 6.55. The van der Waals surface area contributed by atoms with Gasteiger partial charge < -0.3 is 23.5 Å². The van der Waals surface area contributed by atoms with Gasteiger partial charge in [0, 0.05) is 18.1 Å². The number of fused-ring (bicyclic) bond motifs is 1. The minimum Gasteiger partial charge on any atom is -0.497 e. The predicted molar refractivity (Wildman–Crippen MR) is 104 cm³/mol. The molecule has 150 valence electrons. The molecule has 0 N–H and O–H groups in total. The van der Waals surface area contributed by atoms with Crippen LogP contribution in [0.15, 0.2) is 53.1 Å². The van der Waals surface area contributed by atoms with E-state index >= 15 is 0 Å². The zero-order chi connectivity index (χ0) is 20.1. The van der Waals surface area contributed by atoms with Crippen molar-refractivity contribution in [1.29, 1.82) is 0 Å². The van der Waals surface area contributed by atoms with Gasteiger partial charge in [0.1, 0.15) is 31.3 Å². The number of aromatic nitrogens is 1. The van der Waals surface area contributed by atoms with Gasteiger partial charge >= 0.3 is 5.97 Å². The van der Waals surface area contributed by atoms with Gasteiger partial charge in [-0.15, -0.1) is 0 Å². The molecule has 0 unspecified atom stereocenters.